The molecule has 1 saturated heterocycles. The highest BCUT2D eigenvalue weighted by Gasteiger charge is 2.40. The molecule has 1 fully saturated rings. The van der Waals surface area contributed by atoms with Gasteiger partial charge in [0.15, 0.2) is 22.7 Å². The van der Waals surface area contributed by atoms with E-state index in [1.807, 2.05) is 18.7 Å². The standard InChI is InChI=1S/C13H18ClN4O2S.C2H6/c1-8(19)18-5-3-9(7-18)15-12-11-10(16-13(14)17-12)4-6-21(11)20-2;1-2/h9H,3-7H2,1-2H3,(H,15,16,17);1-2H3/q+1;. The third kappa shape index (κ3) is 4.08. The first-order valence-corrected chi connectivity index (χ1v) is 9.62. The van der Waals surface area contributed by atoms with Crippen molar-refractivity contribution in [1.82, 2.24) is 14.9 Å². The van der Waals surface area contributed by atoms with Crippen LogP contribution in [0.4, 0.5) is 5.82 Å². The number of nitrogens with zero attached hydrogens (tertiary/aromatic N) is 3. The zero-order valence-corrected chi connectivity index (χ0v) is 15.6. The number of carbonyl (C=O) groups is 1. The Kier molecular flexibility index (Phi) is 6.50. The van der Waals surface area contributed by atoms with Crippen LogP contribution in [0, 0.1) is 0 Å². The Morgan fingerprint density at radius 3 is 2.78 bits per heavy atom. The molecule has 3 heterocycles. The van der Waals surface area contributed by atoms with Crippen molar-refractivity contribution in [3.8, 4) is 0 Å². The van der Waals surface area contributed by atoms with Crippen molar-refractivity contribution < 1.29 is 8.98 Å². The van der Waals surface area contributed by atoms with Crippen molar-refractivity contribution in [1.29, 1.82) is 0 Å². The highest BCUT2D eigenvalue weighted by molar-refractivity contribution is 7.92. The van der Waals surface area contributed by atoms with E-state index in [2.05, 4.69) is 15.3 Å². The Morgan fingerprint density at radius 1 is 1.43 bits per heavy atom. The summed E-state index contributed by atoms with van der Waals surface area (Å²) in [6.07, 6.45) is 1.78. The van der Waals surface area contributed by atoms with Crippen LogP contribution in [0.15, 0.2) is 4.90 Å². The van der Waals surface area contributed by atoms with Gasteiger partial charge in [-0.2, -0.15) is 9.17 Å². The Bertz CT molecular complexity index is 573. The molecule has 1 amide bonds. The molecule has 23 heavy (non-hydrogen) atoms. The van der Waals surface area contributed by atoms with Crippen LogP contribution in [0.2, 0.25) is 5.28 Å². The predicted octanol–water partition coefficient (Wildman–Crippen LogP) is 2.28. The largest absolute Gasteiger partial charge is 0.361 e. The molecule has 8 heteroatoms. The number of aryl methyl sites for hydroxylation is 1. The van der Waals surface area contributed by atoms with Gasteiger partial charge in [-0.25, -0.2) is 4.98 Å². The van der Waals surface area contributed by atoms with Gasteiger partial charge in [-0.1, -0.05) is 13.8 Å². The second kappa shape index (κ2) is 8.17. The summed E-state index contributed by atoms with van der Waals surface area (Å²) in [7, 11) is 1.71. The second-order valence-corrected chi connectivity index (χ2v) is 7.36. The van der Waals surface area contributed by atoms with Crippen LogP contribution in [0.1, 0.15) is 32.9 Å². The number of fused-ring (bicyclic) bond motifs is 1. The molecule has 0 aliphatic carbocycles. The van der Waals surface area contributed by atoms with E-state index < -0.39 is 0 Å². The highest BCUT2D eigenvalue weighted by Crippen LogP contribution is 2.34. The summed E-state index contributed by atoms with van der Waals surface area (Å²) < 4.78 is 5.54. The quantitative estimate of drug-likeness (QED) is 0.662. The van der Waals surface area contributed by atoms with Crippen molar-refractivity contribution in [2.24, 2.45) is 0 Å². The highest BCUT2D eigenvalue weighted by atomic mass is 35.5. The van der Waals surface area contributed by atoms with E-state index in [1.54, 1.807) is 14.0 Å². The molecule has 1 aromatic rings. The molecule has 6 nitrogen and oxygen atoms in total. The first-order valence-electron chi connectivity index (χ1n) is 7.92. The lowest BCUT2D eigenvalue weighted by Gasteiger charge is -2.16. The third-order valence-corrected chi connectivity index (χ3v) is 5.87. The zero-order valence-electron chi connectivity index (χ0n) is 14.1. The van der Waals surface area contributed by atoms with Crippen molar-refractivity contribution in [2.75, 3.05) is 31.3 Å². The number of halogens is 1. The van der Waals surface area contributed by atoms with E-state index in [4.69, 9.17) is 15.8 Å². The van der Waals surface area contributed by atoms with Gasteiger partial charge in [0.25, 0.3) is 4.90 Å². The number of hydrogen-bond acceptors (Lipinski definition) is 5. The SMILES string of the molecule is CC.CO[S+]1CCc2nc(Cl)nc(NC3CCN(C(C)=O)C3)c21. The van der Waals surface area contributed by atoms with Gasteiger partial charge >= 0.3 is 0 Å². The van der Waals surface area contributed by atoms with Gasteiger partial charge in [0.05, 0.1) is 7.11 Å². The van der Waals surface area contributed by atoms with E-state index >= 15 is 0 Å². The fourth-order valence-electron chi connectivity index (χ4n) is 2.79. The third-order valence-electron chi connectivity index (χ3n) is 3.84. The molecular weight excluding hydrogens is 336 g/mol. The molecule has 2 aliphatic heterocycles. The van der Waals surface area contributed by atoms with E-state index in [9.17, 15) is 4.79 Å². The van der Waals surface area contributed by atoms with Crippen LogP contribution >= 0.6 is 11.6 Å². The van der Waals surface area contributed by atoms with Crippen molar-refractivity contribution in [3.05, 3.63) is 11.0 Å². The number of nitrogens with one attached hydrogen (secondary N) is 1. The molecule has 0 radical (unpaired) electrons. The van der Waals surface area contributed by atoms with Gasteiger partial charge in [0.1, 0.15) is 5.69 Å². The zero-order chi connectivity index (χ0) is 17.0. The summed E-state index contributed by atoms with van der Waals surface area (Å²) in [5.41, 5.74) is 0.976. The molecule has 0 saturated carbocycles. The summed E-state index contributed by atoms with van der Waals surface area (Å²) in [6, 6.07) is 0.201. The minimum Gasteiger partial charge on any atom is -0.361 e. The first-order chi connectivity index (χ1) is 11.1. The van der Waals surface area contributed by atoms with Crippen molar-refractivity contribution in [2.45, 2.75) is 44.6 Å². The van der Waals surface area contributed by atoms with E-state index in [0.717, 1.165) is 41.5 Å². The number of anilines is 1. The van der Waals surface area contributed by atoms with Gasteiger partial charge in [-0.15, -0.1) is 0 Å². The molecule has 1 aromatic heterocycles. The molecule has 2 unspecified atom stereocenters. The smallest absolute Gasteiger partial charge is 0.253 e. The van der Waals surface area contributed by atoms with Gasteiger partial charge < -0.3 is 10.2 Å². The van der Waals surface area contributed by atoms with Crippen LogP contribution in [-0.4, -0.2) is 52.8 Å². The molecule has 3 rings (SSSR count). The van der Waals surface area contributed by atoms with E-state index in [-0.39, 0.29) is 28.4 Å². The van der Waals surface area contributed by atoms with Gasteiger partial charge in [-0.05, 0) is 18.0 Å². The fraction of sp³-hybridized carbons (Fsp3) is 0.667. The number of hydrogen-bond donors (Lipinski definition) is 1. The normalized spacial score (nSPS) is 22.4. The van der Waals surface area contributed by atoms with Gasteiger partial charge in [0, 0.05) is 32.5 Å². The predicted molar refractivity (Wildman–Crippen MR) is 93.9 cm³/mol. The lowest BCUT2D eigenvalue weighted by Crippen LogP contribution is -2.30. The average molecular weight is 360 g/mol. The minimum atomic E-state index is -0.273. The Morgan fingerprint density at radius 2 is 2.17 bits per heavy atom. The van der Waals surface area contributed by atoms with Crippen molar-refractivity contribution in [3.63, 3.8) is 0 Å². The number of likely N-dealkylation sites (tertiary alicyclic amines) is 1. The Labute approximate surface area is 145 Å². The molecule has 1 N–H and O–H groups in total. The molecule has 0 bridgehead atoms. The maximum atomic E-state index is 11.4. The number of aromatic nitrogens is 2. The number of carbonyl (C=O) groups excluding carboxylic acids is 1. The molecular formula is C15H24ClN4O2S+. The lowest BCUT2D eigenvalue weighted by molar-refractivity contribution is -0.127. The minimum absolute atomic E-state index is 0.113. The van der Waals surface area contributed by atoms with Gasteiger partial charge in [0.2, 0.25) is 11.2 Å². The van der Waals surface area contributed by atoms with E-state index in [1.165, 1.54) is 0 Å². The Hall–Kier alpha value is -1.05. The molecule has 2 aliphatic rings. The fourth-order valence-corrected chi connectivity index (χ4v) is 4.62. The summed E-state index contributed by atoms with van der Waals surface area (Å²) in [5, 5.41) is 3.69. The molecule has 0 spiro atoms. The van der Waals surface area contributed by atoms with Crippen LogP contribution in [0.25, 0.3) is 0 Å². The summed E-state index contributed by atoms with van der Waals surface area (Å²) in [5.74, 6) is 1.81. The second-order valence-electron chi connectivity index (χ2n) is 5.18. The maximum Gasteiger partial charge on any atom is 0.253 e. The Balaban J connectivity index is 0.000000924. The molecule has 2 atom stereocenters. The molecule has 128 valence electrons. The summed E-state index contributed by atoms with van der Waals surface area (Å²) in [4.78, 5) is 23.0. The van der Waals surface area contributed by atoms with Crippen LogP contribution in [-0.2, 0) is 26.6 Å². The number of amides is 1. The summed E-state index contributed by atoms with van der Waals surface area (Å²) >= 11 is 5.75. The van der Waals surface area contributed by atoms with Crippen LogP contribution in [0.3, 0.4) is 0 Å². The van der Waals surface area contributed by atoms with Gasteiger partial charge in [-0.3, -0.25) is 4.79 Å². The maximum absolute atomic E-state index is 11.4. The average Bonchev–Trinajstić information content (AvgIpc) is 3.15. The lowest BCUT2D eigenvalue weighted by atomic mass is 10.2. The summed E-state index contributed by atoms with van der Waals surface area (Å²) in [6.45, 7) is 7.08. The van der Waals surface area contributed by atoms with E-state index in [0.29, 0.717) is 6.54 Å². The van der Waals surface area contributed by atoms with Crippen LogP contribution in [0.5, 0.6) is 0 Å². The first kappa shape index (κ1) is 18.3. The van der Waals surface area contributed by atoms with Crippen molar-refractivity contribution >= 4 is 34.5 Å². The molecule has 0 aromatic carbocycles. The van der Waals surface area contributed by atoms with Crippen LogP contribution < -0.4 is 5.32 Å². The monoisotopic (exact) mass is 359 g/mol. The topological polar surface area (TPSA) is 67.4 Å². The number of rotatable bonds is 3.